The molecule has 3 heterocycles. The van der Waals surface area contributed by atoms with Crippen LogP contribution in [0.2, 0.25) is 0 Å². The first-order valence-corrected chi connectivity index (χ1v) is 11.2. The van der Waals surface area contributed by atoms with Gasteiger partial charge < -0.3 is 10.5 Å². The van der Waals surface area contributed by atoms with E-state index in [1.54, 1.807) is 0 Å². The maximum Gasteiger partial charge on any atom is 0.220 e. The fourth-order valence-electron chi connectivity index (χ4n) is 4.33. The fourth-order valence-corrected chi connectivity index (χ4v) is 4.33. The Labute approximate surface area is 183 Å². The predicted molar refractivity (Wildman–Crippen MR) is 119 cm³/mol. The van der Waals surface area contributed by atoms with Crippen LogP contribution in [-0.4, -0.2) is 58.1 Å². The maximum atomic E-state index is 11.3. The molecule has 7 heteroatoms. The third-order valence-corrected chi connectivity index (χ3v) is 6.23. The molecule has 0 bridgehead atoms. The van der Waals surface area contributed by atoms with Gasteiger partial charge in [-0.3, -0.25) is 9.69 Å². The number of carbonyl (C=O) groups excluding carboxylic acids is 1. The van der Waals surface area contributed by atoms with E-state index in [1.165, 1.54) is 6.42 Å². The quantitative estimate of drug-likeness (QED) is 0.749. The molecule has 0 spiro atoms. The number of nitrogens with zero attached hydrogens (tertiary/aromatic N) is 4. The van der Waals surface area contributed by atoms with E-state index < -0.39 is 0 Å². The maximum absolute atomic E-state index is 11.3. The molecule has 4 rings (SSSR count). The number of nitrogens with two attached hydrogens (primary N) is 1. The molecule has 1 aromatic carbocycles. The lowest BCUT2D eigenvalue weighted by Gasteiger charge is -2.28. The van der Waals surface area contributed by atoms with E-state index in [2.05, 4.69) is 46.1 Å². The minimum atomic E-state index is -0.177. The van der Waals surface area contributed by atoms with Crippen LogP contribution in [0.3, 0.4) is 0 Å². The van der Waals surface area contributed by atoms with E-state index in [0.717, 1.165) is 74.3 Å². The van der Waals surface area contributed by atoms with Crippen LogP contribution in [0.25, 0.3) is 11.3 Å². The van der Waals surface area contributed by atoms with Crippen LogP contribution >= 0.6 is 0 Å². The Bertz CT molecular complexity index is 960. The average molecular weight is 422 g/mol. The summed E-state index contributed by atoms with van der Waals surface area (Å²) in [6.45, 7) is 6.15. The Kier molecular flexibility index (Phi) is 7.00. The molecule has 2 saturated heterocycles. The summed E-state index contributed by atoms with van der Waals surface area (Å²) in [5.41, 5.74) is 9.49. The molecule has 0 aliphatic carbocycles. The van der Waals surface area contributed by atoms with Crippen molar-refractivity contribution < 1.29 is 9.53 Å². The third kappa shape index (κ3) is 5.72. The summed E-state index contributed by atoms with van der Waals surface area (Å²) < 4.78 is 7.69. The lowest BCUT2D eigenvalue weighted by Crippen LogP contribution is -2.38. The van der Waals surface area contributed by atoms with Gasteiger partial charge in [0.1, 0.15) is 5.69 Å². The van der Waals surface area contributed by atoms with E-state index in [4.69, 9.17) is 10.5 Å². The molecular formula is C24H31N5O2. The van der Waals surface area contributed by atoms with Gasteiger partial charge in [0, 0.05) is 23.7 Å². The lowest BCUT2D eigenvalue weighted by molar-refractivity contribution is -0.123. The van der Waals surface area contributed by atoms with Crippen molar-refractivity contribution in [3.05, 3.63) is 35.5 Å². The summed E-state index contributed by atoms with van der Waals surface area (Å²) in [4.78, 5) is 13.6. The number of piperidine rings is 1. The molecule has 2 aliphatic rings. The molecule has 31 heavy (non-hydrogen) atoms. The van der Waals surface area contributed by atoms with Crippen LogP contribution in [0.1, 0.15) is 43.2 Å². The van der Waals surface area contributed by atoms with Gasteiger partial charge in [0.25, 0.3) is 0 Å². The van der Waals surface area contributed by atoms with Gasteiger partial charge in [0.05, 0.1) is 25.4 Å². The van der Waals surface area contributed by atoms with Gasteiger partial charge in [-0.2, -0.15) is 0 Å². The highest BCUT2D eigenvalue weighted by Crippen LogP contribution is 2.23. The molecular weight excluding hydrogens is 390 g/mol. The molecule has 2 N–H and O–H groups in total. The second-order valence-electron chi connectivity index (χ2n) is 8.60. The van der Waals surface area contributed by atoms with Crippen molar-refractivity contribution >= 4 is 5.91 Å². The number of hydrogen-bond donors (Lipinski definition) is 1. The smallest absolute Gasteiger partial charge is 0.220 e. The molecule has 0 radical (unpaired) electrons. The van der Waals surface area contributed by atoms with E-state index in [9.17, 15) is 4.79 Å². The molecule has 164 valence electrons. The second-order valence-corrected chi connectivity index (χ2v) is 8.60. The summed E-state index contributed by atoms with van der Waals surface area (Å²) in [5.74, 6) is 6.37. The van der Waals surface area contributed by atoms with Crippen molar-refractivity contribution in [1.29, 1.82) is 0 Å². The molecule has 7 nitrogen and oxygen atoms in total. The number of benzene rings is 1. The zero-order valence-electron chi connectivity index (χ0n) is 18.2. The van der Waals surface area contributed by atoms with E-state index in [-0.39, 0.29) is 17.9 Å². The number of ether oxygens (including phenoxy) is 1. The zero-order valence-corrected chi connectivity index (χ0v) is 18.2. The van der Waals surface area contributed by atoms with Crippen molar-refractivity contribution in [1.82, 2.24) is 19.9 Å². The normalized spacial score (nSPS) is 20.2. The third-order valence-electron chi connectivity index (χ3n) is 6.23. The topological polar surface area (TPSA) is 86.3 Å². The predicted octanol–water partition coefficient (Wildman–Crippen LogP) is 2.37. The van der Waals surface area contributed by atoms with Gasteiger partial charge >= 0.3 is 0 Å². The van der Waals surface area contributed by atoms with Crippen LogP contribution in [0.4, 0.5) is 0 Å². The lowest BCUT2D eigenvalue weighted by atomic mass is 9.96. The van der Waals surface area contributed by atoms with Crippen molar-refractivity contribution in [3.8, 4) is 23.1 Å². The first kappa shape index (κ1) is 21.5. The van der Waals surface area contributed by atoms with E-state index >= 15 is 0 Å². The van der Waals surface area contributed by atoms with Crippen LogP contribution in [0, 0.1) is 24.7 Å². The van der Waals surface area contributed by atoms with E-state index in [1.807, 2.05) is 16.9 Å². The number of likely N-dealkylation sites (tertiary alicyclic amines) is 1. The number of amides is 1. The minimum absolute atomic E-state index is 0.0209. The van der Waals surface area contributed by atoms with Crippen molar-refractivity contribution in [2.45, 2.75) is 51.7 Å². The SMILES string of the molecule is Cc1cc(C#CCN2CCC(C(N)=O)CC2)ccc1-c1cn(CC2CCCCO2)nn1. The van der Waals surface area contributed by atoms with Crippen LogP contribution < -0.4 is 5.73 Å². The first-order valence-electron chi connectivity index (χ1n) is 11.2. The highest BCUT2D eigenvalue weighted by Gasteiger charge is 2.22. The Morgan fingerprint density at radius 2 is 2.10 bits per heavy atom. The molecule has 2 aromatic rings. The monoisotopic (exact) mass is 421 g/mol. The summed E-state index contributed by atoms with van der Waals surface area (Å²) >= 11 is 0. The minimum Gasteiger partial charge on any atom is -0.376 e. The van der Waals surface area contributed by atoms with Crippen LogP contribution in [0.15, 0.2) is 24.4 Å². The van der Waals surface area contributed by atoms with Gasteiger partial charge in [0.15, 0.2) is 0 Å². The molecule has 2 fully saturated rings. The van der Waals surface area contributed by atoms with Gasteiger partial charge in [-0.1, -0.05) is 23.1 Å². The standard InChI is InChI=1S/C24H31N5O2/c1-18-15-19(5-4-11-28-12-9-20(10-13-28)24(25)30)7-8-22(18)23-17-29(27-26-23)16-21-6-2-3-14-31-21/h7-8,15,17,20-21H,2-3,6,9-14,16H2,1H3,(H2,25,30). The van der Waals surface area contributed by atoms with Crippen molar-refractivity contribution in [3.63, 3.8) is 0 Å². The summed E-state index contributed by atoms with van der Waals surface area (Å²) in [6.07, 6.45) is 7.37. The van der Waals surface area contributed by atoms with Crippen molar-refractivity contribution in [2.75, 3.05) is 26.2 Å². The number of primary amides is 1. The summed E-state index contributed by atoms with van der Waals surface area (Å²) in [7, 11) is 0. The second kappa shape index (κ2) is 10.1. The molecule has 2 aliphatic heterocycles. The van der Waals surface area contributed by atoms with Gasteiger partial charge in [-0.15, -0.1) is 5.10 Å². The molecule has 1 atom stereocenters. The number of aromatic nitrogens is 3. The Morgan fingerprint density at radius 3 is 2.81 bits per heavy atom. The Morgan fingerprint density at radius 1 is 1.26 bits per heavy atom. The van der Waals surface area contributed by atoms with Gasteiger partial charge in [-0.25, -0.2) is 4.68 Å². The van der Waals surface area contributed by atoms with Gasteiger partial charge in [0.2, 0.25) is 5.91 Å². The van der Waals surface area contributed by atoms with Crippen LogP contribution in [0.5, 0.6) is 0 Å². The summed E-state index contributed by atoms with van der Waals surface area (Å²) in [6, 6.07) is 6.21. The fraction of sp³-hybridized carbons (Fsp3) is 0.542. The number of aryl methyl sites for hydroxylation is 1. The highest BCUT2D eigenvalue weighted by atomic mass is 16.5. The van der Waals surface area contributed by atoms with Crippen molar-refractivity contribution in [2.24, 2.45) is 11.7 Å². The zero-order chi connectivity index (χ0) is 21.6. The average Bonchev–Trinajstić information content (AvgIpc) is 3.23. The Hall–Kier alpha value is -2.69. The number of rotatable bonds is 5. The number of carbonyl (C=O) groups is 1. The molecule has 1 aromatic heterocycles. The largest absolute Gasteiger partial charge is 0.376 e. The van der Waals surface area contributed by atoms with Crippen LogP contribution in [-0.2, 0) is 16.1 Å². The molecule has 1 amide bonds. The number of hydrogen-bond acceptors (Lipinski definition) is 5. The Balaban J connectivity index is 1.34. The van der Waals surface area contributed by atoms with Gasteiger partial charge in [-0.05, 0) is 69.8 Å². The highest BCUT2D eigenvalue weighted by molar-refractivity contribution is 5.76. The molecule has 1 unspecified atom stereocenters. The van der Waals surface area contributed by atoms with E-state index in [0.29, 0.717) is 6.54 Å². The summed E-state index contributed by atoms with van der Waals surface area (Å²) in [5, 5.41) is 8.66. The molecule has 0 saturated carbocycles. The first-order chi connectivity index (χ1) is 15.1.